The largest absolute Gasteiger partial charge is 0.271 e. The third-order valence-corrected chi connectivity index (χ3v) is 9.65. The summed E-state index contributed by atoms with van der Waals surface area (Å²) in [5.74, 6) is 5.85. The normalized spacial score (nSPS) is 11.1. The van der Waals surface area contributed by atoms with E-state index in [0.29, 0.717) is 17.3 Å². The minimum Gasteiger partial charge on any atom is -0.224 e. The second-order valence-corrected chi connectivity index (χ2v) is 14.0. The van der Waals surface area contributed by atoms with Crippen molar-refractivity contribution in [2.24, 2.45) is 0 Å². The molecule has 0 spiro atoms. The number of unbranched alkanes of at least 4 members (excludes halogenated alkanes) is 4. The highest BCUT2D eigenvalue weighted by molar-refractivity contribution is 9.11. The topological polar surface area (TPSA) is 74.8 Å². The number of nitrogens with zero attached hydrogens (tertiary/aromatic N) is 2. The van der Waals surface area contributed by atoms with E-state index in [4.69, 9.17) is 0 Å². The summed E-state index contributed by atoms with van der Waals surface area (Å²) in [6, 6.07) is 18.7. The zero-order valence-corrected chi connectivity index (χ0v) is 26.1. The quantitative estimate of drug-likeness (QED) is 0.142. The summed E-state index contributed by atoms with van der Waals surface area (Å²) in [6.45, 7) is 9.80. The van der Waals surface area contributed by atoms with Gasteiger partial charge in [-0.2, -0.15) is 0 Å². The van der Waals surface area contributed by atoms with Crippen LogP contribution in [0.3, 0.4) is 0 Å². The summed E-state index contributed by atoms with van der Waals surface area (Å²) < 4.78 is 56.0. The minimum absolute atomic E-state index is 0.00867. The zero-order chi connectivity index (χ0) is 28.9. The van der Waals surface area contributed by atoms with E-state index in [9.17, 15) is 16.8 Å². The standard InChI is InChI=1S/C30H37BrN2O4S2/c1-5-6-7-8-9-10-22-32(38(34,35)29-17-13-26(2)14-18-29)23-11-12-24-33(25-21-28(4)31)39(36,37)30-19-15-27(3)16-20-30/h13-20H,4-9,11,21,23,25H2,1-3H3. The fourth-order valence-corrected chi connectivity index (χ4v) is 6.13. The summed E-state index contributed by atoms with van der Waals surface area (Å²) in [6.07, 6.45) is 5.26. The molecule has 0 aliphatic rings. The van der Waals surface area contributed by atoms with Gasteiger partial charge in [-0.25, -0.2) is 25.4 Å². The number of hydrogen-bond donors (Lipinski definition) is 0. The van der Waals surface area contributed by atoms with Gasteiger partial charge in [-0.3, -0.25) is 0 Å². The Bertz CT molecular complexity index is 1430. The van der Waals surface area contributed by atoms with Crippen LogP contribution < -0.4 is 0 Å². The van der Waals surface area contributed by atoms with E-state index >= 15 is 0 Å². The van der Waals surface area contributed by atoms with Crippen molar-refractivity contribution in [3.63, 3.8) is 0 Å². The molecule has 0 saturated heterocycles. The first-order valence-corrected chi connectivity index (χ1v) is 16.6. The lowest BCUT2D eigenvalue weighted by Crippen LogP contribution is -2.29. The molecule has 6 nitrogen and oxygen atoms in total. The first kappa shape index (κ1) is 32.5. The van der Waals surface area contributed by atoms with Crippen molar-refractivity contribution in [1.82, 2.24) is 8.61 Å². The van der Waals surface area contributed by atoms with Gasteiger partial charge in [0, 0.05) is 31.5 Å². The maximum absolute atomic E-state index is 13.3. The molecule has 2 aromatic carbocycles. The molecule has 39 heavy (non-hydrogen) atoms. The second kappa shape index (κ2) is 15.8. The van der Waals surface area contributed by atoms with Gasteiger partial charge in [-0.1, -0.05) is 95.9 Å². The Morgan fingerprint density at radius 2 is 1.21 bits per heavy atom. The van der Waals surface area contributed by atoms with E-state index in [1.807, 2.05) is 13.8 Å². The molecule has 0 bridgehead atoms. The lowest BCUT2D eigenvalue weighted by molar-refractivity contribution is 0.509. The van der Waals surface area contributed by atoms with Crippen molar-refractivity contribution in [2.45, 2.75) is 75.5 Å². The Hall–Kier alpha value is -2.72. The summed E-state index contributed by atoms with van der Waals surface area (Å²) in [5.41, 5.74) is 1.90. The van der Waals surface area contributed by atoms with Crippen LogP contribution in [0, 0.1) is 37.8 Å². The van der Waals surface area contributed by atoms with Crippen LogP contribution in [0.2, 0.25) is 0 Å². The first-order chi connectivity index (χ1) is 18.5. The van der Waals surface area contributed by atoms with Gasteiger partial charge in [0.1, 0.15) is 0 Å². The third-order valence-electron chi connectivity index (χ3n) is 5.81. The maximum Gasteiger partial charge on any atom is 0.271 e. The van der Waals surface area contributed by atoms with E-state index in [0.717, 1.165) is 45.4 Å². The second-order valence-electron chi connectivity index (χ2n) is 9.19. The van der Waals surface area contributed by atoms with Crippen molar-refractivity contribution in [3.8, 4) is 23.9 Å². The highest BCUT2D eigenvalue weighted by atomic mass is 79.9. The third kappa shape index (κ3) is 10.4. The number of benzene rings is 2. The van der Waals surface area contributed by atoms with E-state index in [1.54, 1.807) is 48.5 Å². The van der Waals surface area contributed by atoms with Crippen LogP contribution in [0.5, 0.6) is 0 Å². The smallest absolute Gasteiger partial charge is 0.224 e. The number of aryl methyl sites for hydroxylation is 2. The van der Waals surface area contributed by atoms with E-state index < -0.39 is 20.0 Å². The molecule has 2 aromatic rings. The van der Waals surface area contributed by atoms with Crippen molar-refractivity contribution >= 4 is 36.0 Å². The molecule has 0 amide bonds. The number of hydrogen-bond acceptors (Lipinski definition) is 4. The van der Waals surface area contributed by atoms with Crippen LogP contribution in [0.4, 0.5) is 0 Å². The minimum atomic E-state index is -3.88. The molecule has 0 heterocycles. The molecular formula is C30H37BrN2O4S2. The van der Waals surface area contributed by atoms with Crippen LogP contribution in [-0.4, -0.2) is 38.5 Å². The molecule has 0 radical (unpaired) electrons. The monoisotopic (exact) mass is 632 g/mol. The molecule has 0 atom stereocenters. The van der Waals surface area contributed by atoms with Gasteiger partial charge in [0.15, 0.2) is 0 Å². The predicted octanol–water partition coefficient (Wildman–Crippen LogP) is 6.57. The average Bonchev–Trinajstić information content (AvgIpc) is 2.89. The van der Waals surface area contributed by atoms with E-state index in [2.05, 4.69) is 53.4 Å². The molecule has 0 aliphatic carbocycles. The Morgan fingerprint density at radius 1 is 0.744 bits per heavy atom. The van der Waals surface area contributed by atoms with Crippen LogP contribution in [0.1, 0.15) is 63.0 Å². The average molecular weight is 634 g/mol. The Kier molecular flexibility index (Phi) is 13.1. The molecule has 2 rings (SSSR count). The van der Waals surface area contributed by atoms with Gasteiger partial charge in [-0.05, 0) is 55.4 Å². The lowest BCUT2D eigenvalue weighted by atomic mass is 10.2. The van der Waals surface area contributed by atoms with Gasteiger partial charge < -0.3 is 0 Å². The highest BCUT2D eigenvalue weighted by Gasteiger charge is 2.23. The molecule has 9 heteroatoms. The summed E-state index contributed by atoms with van der Waals surface area (Å²) in [4.78, 5) is 0.292. The molecule has 210 valence electrons. The zero-order valence-electron chi connectivity index (χ0n) is 22.9. The Balaban J connectivity index is 2.27. The van der Waals surface area contributed by atoms with E-state index in [1.165, 1.54) is 0 Å². The number of rotatable bonds is 13. The van der Waals surface area contributed by atoms with Crippen LogP contribution in [0.15, 0.2) is 69.4 Å². The SMILES string of the molecule is C=C(Br)CCN(C#CCCN(C#CCCCCCC)S(=O)(=O)c1ccc(C)cc1)S(=O)(=O)c1ccc(C)cc1. The van der Waals surface area contributed by atoms with Crippen molar-refractivity contribution in [1.29, 1.82) is 0 Å². The Morgan fingerprint density at radius 3 is 1.67 bits per heavy atom. The first-order valence-electron chi connectivity index (χ1n) is 13.0. The number of halogens is 1. The van der Waals surface area contributed by atoms with E-state index in [-0.39, 0.29) is 29.3 Å². The summed E-state index contributed by atoms with van der Waals surface area (Å²) in [7, 11) is -7.75. The van der Waals surface area contributed by atoms with Crippen LogP contribution >= 0.6 is 15.9 Å². The highest BCUT2D eigenvalue weighted by Crippen LogP contribution is 2.19. The molecule has 0 aromatic heterocycles. The van der Waals surface area contributed by atoms with Gasteiger partial charge in [0.05, 0.1) is 16.3 Å². The Labute approximate surface area is 243 Å². The van der Waals surface area contributed by atoms with Crippen LogP contribution in [-0.2, 0) is 20.0 Å². The van der Waals surface area contributed by atoms with Crippen molar-refractivity contribution < 1.29 is 16.8 Å². The predicted molar refractivity (Wildman–Crippen MR) is 162 cm³/mol. The van der Waals surface area contributed by atoms with Gasteiger partial charge >= 0.3 is 0 Å². The maximum atomic E-state index is 13.3. The molecule has 0 aliphatic heterocycles. The summed E-state index contributed by atoms with van der Waals surface area (Å²) in [5, 5.41) is 0. The fourth-order valence-electron chi connectivity index (χ4n) is 3.46. The molecule has 0 N–H and O–H groups in total. The summed E-state index contributed by atoms with van der Waals surface area (Å²) >= 11 is 3.28. The van der Waals surface area contributed by atoms with Crippen LogP contribution in [0.25, 0.3) is 0 Å². The van der Waals surface area contributed by atoms with Crippen molar-refractivity contribution in [3.05, 3.63) is 70.7 Å². The lowest BCUT2D eigenvalue weighted by Gasteiger charge is -2.18. The van der Waals surface area contributed by atoms with Crippen molar-refractivity contribution in [2.75, 3.05) is 13.1 Å². The molecule has 0 fully saturated rings. The van der Waals surface area contributed by atoms with Gasteiger partial charge in [0.2, 0.25) is 0 Å². The van der Waals surface area contributed by atoms with Gasteiger partial charge in [0.25, 0.3) is 20.0 Å². The van der Waals surface area contributed by atoms with Gasteiger partial charge in [-0.15, -0.1) is 0 Å². The molecule has 0 unspecified atom stereocenters. The molecular weight excluding hydrogens is 596 g/mol. The fraction of sp³-hybridized carbons (Fsp3) is 0.400. The molecule has 0 saturated carbocycles. The number of sulfonamides is 2.